The molecule has 24 heavy (non-hydrogen) atoms. The number of aromatic nitrogens is 2. The average Bonchev–Trinajstić information content (AvgIpc) is 2.56. The lowest BCUT2D eigenvalue weighted by atomic mass is 10.2. The van der Waals surface area contributed by atoms with Crippen molar-refractivity contribution in [3.63, 3.8) is 0 Å². The lowest BCUT2D eigenvalue weighted by Crippen LogP contribution is -2.06. The average molecular weight is 318 g/mol. The molecular formula is C20H22N4. The molecule has 0 bridgehead atoms. The molecule has 1 aromatic heterocycles. The van der Waals surface area contributed by atoms with Gasteiger partial charge >= 0.3 is 0 Å². The van der Waals surface area contributed by atoms with Gasteiger partial charge < -0.3 is 10.6 Å². The second-order valence-corrected chi connectivity index (χ2v) is 5.99. The molecule has 0 atom stereocenters. The Morgan fingerprint density at radius 1 is 0.667 bits per heavy atom. The van der Waals surface area contributed by atoms with Gasteiger partial charge in [-0.15, -0.1) is 0 Å². The fourth-order valence-electron chi connectivity index (χ4n) is 2.48. The van der Waals surface area contributed by atoms with Gasteiger partial charge in [-0.05, 0) is 51.0 Å². The summed E-state index contributed by atoms with van der Waals surface area (Å²) >= 11 is 0. The Morgan fingerprint density at radius 2 is 1.21 bits per heavy atom. The summed E-state index contributed by atoms with van der Waals surface area (Å²) in [5.74, 6) is 1.43. The zero-order chi connectivity index (χ0) is 17.1. The Bertz CT molecular complexity index is 871. The van der Waals surface area contributed by atoms with E-state index in [0.717, 1.165) is 34.0 Å². The highest BCUT2D eigenvalue weighted by atomic mass is 15.1. The van der Waals surface area contributed by atoms with E-state index in [0.29, 0.717) is 5.95 Å². The van der Waals surface area contributed by atoms with Crippen molar-refractivity contribution in [2.45, 2.75) is 27.7 Å². The summed E-state index contributed by atoms with van der Waals surface area (Å²) in [4.78, 5) is 9.24. The van der Waals surface area contributed by atoms with E-state index in [2.05, 4.69) is 52.6 Å². The van der Waals surface area contributed by atoms with Crippen LogP contribution in [0.25, 0.3) is 0 Å². The zero-order valence-electron chi connectivity index (χ0n) is 14.5. The van der Waals surface area contributed by atoms with Crippen molar-refractivity contribution < 1.29 is 0 Å². The number of benzene rings is 2. The molecule has 0 amide bonds. The Balaban J connectivity index is 1.94. The molecule has 0 aliphatic rings. The highest BCUT2D eigenvalue weighted by Crippen LogP contribution is 2.25. The van der Waals surface area contributed by atoms with Gasteiger partial charge in [0.1, 0.15) is 5.82 Å². The van der Waals surface area contributed by atoms with Gasteiger partial charge in [0, 0.05) is 22.6 Å². The number of hydrogen-bond acceptors (Lipinski definition) is 4. The largest absolute Gasteiger partial charge is 0.340 e. The highest BCUT2D eigenvalue weighted by Gasteiger charge is 2.10. The van der Waals surface area contributed by atoms with Gasteiger partial charge in [-0.2, -0.15) is 4.98 Å². The summed E-state index contributed by atoms with van der Waals surface area (Å²) < 4.78 is 0. The molecule has 0 unspecified atom stereocenters. The molecule has 2 N–H and O–H groups in total. The maximum Gasteiger partial charge on any atom is 0.229 e. The smallest absolute Gasteiger partial charge is 0.229 e. The standard InChI is InChI=1S/C20H22N4/c1-13-9-5-7-11-17(13)22-19-15(3)16(4)21-20(24-19)23-18-12-8-6-10-14(18)2/h5-12H,1-4H3,(H2,21,22,23,24). The molecule has 4 heteroatoms. The Hall–Kier alpha value is -2.88. The molecule has 122 valence electrons. The van der Waals surface area contributed by atoms with Crippen LogP contribution in [0.2, 0.25) is 0 Å². The van der Waals surface area contributed by atoms with E-state index in [9.17, 15) is 0 Å². The second-order valence-electron chi connectivity index (χ2n) is 5.99. The number of nitrogens with one attached hydrogen (secondary N) is 2. The van der Waals surface area contributed by atoms with Crippen molar-refractivity contribution in [3.8, 4) is 0 Å². The summed E-state index contributed by atoms with van der Waals surface area (Å²) in [7, 11) is 0. The highest BCUT2D eigenvalue weighted by molar-refractivity contribution is 5.66. The predicted molar refractivity (Wildman–Crippen MR) is 100 cm³/mol. The monoisotopic (exact) mass is 318 g/mol. The molecule has 0 spiro atoms. The Morgan fingerprint density at radius 3 is 1.79 bits per heavy atom. The minimum atomic E-state index is 0.600. The van der Waals surface area contributed by atoms with Crippen LogP contribution >= 0.6 is 0 Å². The molecule has 0 saturated heterocycles. The van der Waals surface area contributed by atoms with Gasteiger partial charge in [0.05, 0.1) is 0 Å². The maximum atomic E-state index is 4.67. The van der Waals surface area contributed by atoms with E-state index in [1.54, 1.807) is 0 Å². The topological polar surface area (TPSA) is 49.8 Å². The molecule has 0 saturated carbocycles. The summed E-state index contributed by atoms with van der Waals surface area (Å²) in [6.45, 7) is 8.19. The normalized spacial score (nSPS) is 10.5. The second kappa shape index (κ2) is 6.71. The number of anilines is 4. The third-order valence-corrected chi connectivity index (χ3v) is 4.18. The van der Waals surface area contributed by atoms with Crippen molar-refractivity contribution >= 4 is 23.1 Å². The maximum absolute atomic E-state index is 4.67. The van der Waals surface area contributed by atoms with Gasteiger partial charge in [-0.25, -0.2) is 4.98 Å². The van der Waals surface area contributed by atoms with Gasteiger partial charge in [0.15, 0.2) is 0 Å². The van der Waals surface area contributed by atoms with Gasteiger partial charge in [0.2, 0.25) is 5.95 Å². The first kappa shape index (κ1) is 16.0. The van der Waals surface area contributed by atoms with Crippen LogP contribution in [0.15, 0.2) is 48.5 Å². The summed E-state index contributed by atoms with van der Waals surface area (Å²) in [5.41, 5.74) is 6.42. The minimum Gasteiger partial charge on any atom is -0.340 e. The minimum absolute atomic E-state index is 0.600. The van der Waals surface area contributed by atoms with Crippen LogP contribution in [0.4, 0.5) is 23.1 Å². The molecule has 0 radical (unpaired) electrons. The summed E-state index contributed by atoms with van der Waals surface area (Å²) in [6.07, 6.45) is 0. The van der Waals surface area contributed by atoms with E-state index in [-0.39, 0.29) is 0 Å². The molecule has 0 aliphatic carbocycles. The molecule has 2 aromatic carbocycles. The van der Waals surface area contributed by atoms with E-state index in [1.165, 1.54) is 5.56 Å². The van der Waals surface area contributed by atoms with Crippen LogP contribution in [0.5, 0.6) is 0 Å². The van der Waals surface area contributed by atoms with Crippen LogP contribution in [0.3, 0.4) is 0 Å². The van der Waals surface area contributed by atoms with Gasteiger partial charge in [-0.1, -0.05) is 36.4 Å². The molecular weight excluding hydrogens is 296 g/mol. The molecule has 0 fully saturated rings. The zero-order valence-corrected chi connectivity index (χ0v) is 14.5. The van der Waals surface area contributed by atoms with Crippen molar-refractivity contribution in [3.05, 3.63) is 70.9 Å². The molecule has 4 nitrogen and oxygen atoms in total. The van der Waals surface area contributed by atoms with Gasteiger partial charge in [-0.3, -0.25) is 0 Å². The first-order valence-electron chi connectivity index (χ1n) is 8.05. The van der Waals surface area contributed by atoms with E-state index >= 15 is 0 Å². The number of hydrogen-bond donors (Lipinski definition) is 2. The summed E-state index contributed by atoms with van der Waals surface area (Å²) in [5, 5.41) is 6.75. The first-order chi connectivity index (χ1) is 11.5. The summed E-state index contributed by atoms with van der Waals surface area (Å²) in [6, 6.07) is 16.3. The first-order valence-corrected chi connectivity index (χ1v) is 8.05. The van der Waals surface area contributed by atoms with Crippen molar-refractivity contribution in [2.24, 2.45) is 0 Å². The lowest BCUT2D eigenvalue weighted by molar-refractivity contribution is 1.07. The van der Waals surface area contributed by atoms with E-state index < -0.39 is 0 Å². The molecule has 3 aromatic rings. The number of nitrogens with zero attached hydrogens (tertiary/aromatic N) is 2. The predicted octanol–water partition coefficient (Wildman–Crippen LogP) is 5.20. The number of para-hydroxylation sites is 2. The van der Waals surface area contributed by atoms with Crippen molar-refractivity contribution in [1.82, 2.24) is 9.97 Å². The van der Waals surface area contributed by atoms with E-state index in [4.69, 9.17) is 0 Å². The van der Waals surface area contributed by atoms with Crippen molar-refractivity contribution in [2.75, 3.05) is 10.6 Å². The molecule has 3 rings (SSSR count). The number of rotatable bonds is 4. The quantitative estimate of drug-likeness (QED) is 0.694. The molecule has 1 heterocycles. The van der Waals surface area contributed by atoms with Crippen LogP contribution in [-0.2, 0) is 0 Å². The number of aryl methyl sites for hydroxylation is 3. The Kier molecular flexibility index (Phi) is 4.47. The van der Waals surface area contributed by atoms with Crippen molar-refractivity contribution in [1.29, 1.82) is 0 Å². The van der Waals surface area contributed by atoms with Crippen LogP contribution < -0.4 is 10.6 Å². The third kappa shape index (κ3) is 3.38. The SMILES string of the molecule is Cc1ccccc1Nc1nc(C)c(C)c(Nc2ccccc2C)n1. The van der Waals surface area contributed by atoms with E-state index in [1.807, 2.05) is 44.2 Å². The third-order valence-electron chi connectivity index (χ3n) is 4.18. The van der Waals surface area contributed by atoms with Crippen LogP contribution in [-0.4, -0.2) is 9.97 Å². The fourth-order valence-corrected chi connectivity index (χ4v) is 2.48. The molecule has 0 aliphatic heterocycles. The van der Waals surface area contributed by atoms with Gasteiger partial charge in [0.25, 0.3) is 0 Å². The lowest BCUT2D eigenvalue weighted by Gasteiger charge is -2.15. The van der Waals surface area contributed by atoms with Crippen LogP contribution in [0.1, 0.15) is 22.4 Å². The fraction of sp³-hybridized carbons (Fsp3) is 0.200. The van der Waals surface area contributed by atoms with Crippen LogP contribution in [0, 0.1) is 27.7 Å². The Labute approximate surface area is 143 Å².